The van der Waals surface area contributed by atoms with Crippen LogP contribution in [0.15, 0.2) is 11.6 Å². The predicted molar refractivity (Wildman–Crippen MR) is 56.1 cm³/mol. The molecule has 4 heteroatoms. The molecule has 14 heavy (non-hydrogen) atoms. The summed E-state index contributed by atoms with van der Waals surface area (Å²) in [5, 5.41) is 6.24. The van der Waals surface area contributed by atoms with Gasteiger partial charge in [-0.05, 0) is 12.8 Å². The Hall–Kier alpha value is -0.480. The van der Waals surface area contributed by atoms with E-state index in [0.717, 1.165) is 30.7 Å². The predicted octanol–water partition coefficient (Wildman–Crippen LogP) is 2.51. The van der Waals surface area contributed by atoms with Gasteiger partial charge in [-0.15, -0.1) is 11.3 Å². The van der Waals surface area contributed by atoms with Crippen LogP contribution in [0.25, 0.3) is 0 Å². The fourth-order valence-electron chi connectivity index (χ4n) is 1.87. The molecular formula is C10H15FN2S. The Morgan fingerprint density at radius 1 is 1.50 bits per heavy atom. The summed E-state index contributed by atoms with van der Waals surface area (Å²) < 4.78 is 13.4. The van der Waals surface area contributed by atoms with Crippen LogP contribution in [0.1, 0.15) is 30.7 Å². The number of alkyl halides is 1. The number of nitrogens with one attached hydrogen (secondary N) is 1. The Bertz CT molecular complexity index is 263. The third-order valence-corrected chi connectivity index (χ3v) is 3.46. The number of hydrogen-bond acceptors (Lipinski definition) is 3. The van der Waals surface area contributed by atoms with Crippen LogP contribution in [-0.4, -0.2) is 17.2 Å². The maximum atomic E-state index is 13.4. The summed E-state index contributed by atoms with van der Waals surface area (Å²) in [5.41, 5.74) is 0. The molecule has 1 fully saturated rings. The van der Waals surface area contributed by atoms with E-state index in [4.69, 9.17) is 0 Å². The molecule has 0 spiro atoms. The molecule has 0 unspecified atom stereocenters. The Labute approximate surface area is 87.6 Å². The van der Waals surface area contributed by atoms with Crippen LogP contribution < -0.4 is 5.32 Å². The van der Waals surface area contributed by atoms with E-state index >= 15 is 0 Å². The highest BCUT2D eigenvalue weighted by Gasteiger charge is 2.23. The zero-order valence-corrected chi connectivity index (χ0v) is 8.89. The van der Waals surface area contributed by atoms with Crippen LogP contribution in [0, 0.1) is 0 Å². The molecule has 2 atom stereocenters. The Morgan fingerprint density at radius 2 is 2.36 bits per heavy atom. The first-order valence-corrected chi connectivity index (χ1v) is 6.00. The number of thiazole rings is 1. The minimum absolute atomic E-state index is 0.0487. The SMILES string of the molecule is F[C@@H]1CCCC[C@H]1NCc1nccs1. The van der Waals surface area contributed by atoms with Gasteiger partial charge in [-0.2, -0.15) is 0 Å². The van der Waals surface area contributed by atoms with Crippen molar-refractivity contribution in [1.82, 2.24) is 10.3 Å². The average Bonchev–Trinajstić information content (AvgIpc) is 2.69. The molecule has 1 N–H and O–H groups in total. The molecule has 1 aliphatic carbocycles. The molecule has 0 aromatic carbocycles. The summed E-state index contributed by atoms with van der Waals surface area (Å²) in [6.07, 6.45) is 4.99. The number of aromatic nitrogens is 1. The van der Waals surface area contributed by atoms with Crippen molar-refractivity contribution in [3.8, 4) is 0 Å². The summed E-state index contributed by atoms with van der Waals surface area (Å²) >= 11 is 1.62. The second kappa shape index (κ2) is 4.84. The lowest BCUT2D eigenvalue weighted by Gasteiger charge is -2.26. The highest BCUT2D eigenvalue weighted by Crippen LogP contribution is 2.21. The van der Waals surface area contributed by atoms with Crippen molar-refractivity contribution in [1.29, 1.82) is 0 Å². The molecule has 1 saturated carbocycles. The molecule has 0 radical (unpaired) electrons. The van der Waals surface area contributed by atoms with Crippen LogP contribution in [0.4, 0.5) is 4.39 Å². The third-order valence-electron chi connectivity index (χ3n) is 2.68. The Morgan fingerprint density at radius 3 is 3.07 bits per heavy atom. The van der Waals surface area contributed by atoms with Crippen molar-refractivity contribution in [3.05, 3.63) is 16.6 Å². The van der Waals surface area contributed by atoms with Crippen molar-refractivity contribution in [2.75, 3.05) is 0 Å². The topological polar surface area (TPSA) is 24.9 Å². The van der Waals surface area contributed by atoms with Gasteiger partial charge >= 0.3 is 0 Å². The molecule has 2 rings (SSSR count). The molecule has 1 heterocycles. The number of halogens is 1. The highest BCUT2D eigenvalue weighted by molar-refractivity contribution is 7.09. The first kappa shape index (κ1) is 10.1. The average molecular weight is 214 g/mol. The van der Waals surface area contributed by atoms with Gasteiger partial charge in [0.05, 0.1) is 0 Å². The Balaban J connectivity index is 1.79. The normalized spacial score (nSPS) is 27.8. The van der Waals surface area contributed by atoms with Crippen molar-refractivity contribution < 1.29 is 4.39 Å². The van der Waals surface area contributed by atoms with Gasteiger partial charge in [-0.3, -0.25) is 0 Å². The highest BCUT2D eigenvalue weighted by atomic mass is 32.1. The molecule has 1 aromatic rings. The van der Waals surface area contributed by atoms with Crippen LogP contribution in [-0.2, 0) is 6.54 Å². The van der Waals surface area contributed by atoms with Crippen molar-refractivity contribution in [3.63, 3.8) is 0 Å². The van der Waals surface area contributed by atoms with E-state index in [0.29, 0.717) is 6.54 Å². The summed E-state index contributed by atoms with van der Waals surface area (Å²) in [4.78, 5) is 4.16. The number of rotatable bonds is 3. The smallest absolute Gasteiger partial charge is 0.115 e. The molecule has 2 nitrogen and oxygen atoms in total. The monoisotopic (exact) mass is 214 g/mol. The third kappa shape index (κ3) is 2.51. The quantitative estimate of drug-likeness (QED) is 0.836. The van der Waals surface area contributed by atoms with Gasteiger partial charge in [0.1, 0.15) is 11.2 Å². The molecule has 1 aliphatic rings. The summed E-state index contributed by atoms with van der Waals surface area (Å²) in [5.74, 6) is 0. The molecule has 0 saturated heterocycles. The fraction of sp³-hybridized carbons (Fsp3) is 0.700. The summed E-state index contributed by atoms with van der Waals surface area (Å²) in [6, 6.07) is 0.0487. The van der Waals surface area contributed by atoms with Crippen LogP contribution in [0.3, 0.4) is 0 Å². The van der Waals surface area contributed by atoms with E-state index in [1.54, 1.807) is 17.5 Å². The maximum Gasteiger partial charge on any atom is 0.115 e. The van der Waals surface area contributed by atoms with Crippen molar-refractivity contribution >= 4 is 11.3 Å². The molecular weight excluding hydrogens is 199 g/mol. The Kier molecular flexibility index (Phi) is 3.48. The second-order valence-corrected chi connectivity index (χ2v) is 4.69. The van der Waals surface area contributed by atoms with Crippen LogP contribution in [0.5, 0.6) is 0 Å². The largest absolute Gasteiger partial charge is 0.305 e. The van der Waals surface area contributed by atoms with Crippen LogP contribution in [0.2, 0.25) is 0 Å². The van der Waals surface area contributed by atoms with E-state index in [2.05, 4.69) is 10.3 Å². The number of hydrogen-bond donors (Lipinski definition) is 1. The molecule has 78 valence electrons. The second-order valence-electron chi connectivity index (χ2n) is 3.71. The van der Waals surface area contributed by atoms with Crippen molar-refractivity contribution in [2.24, 2.45) is 0 Å². The standard InChI is InChI=1S/C10H15FN2S/c11-8-3-1-2-4-9(8)13-7-10-12-5-6-14-10/h5-6,8-9,13H,1-4,7H2/t8-,9-/m1/s1. The van der Waals surface area contributed by atoms with E-state index in [1.807, 2.05) is 5.38 Å². The van der Waals surface area contributed by atoms with Gasteiger partial charge in [0, 0.05) is 24.2 Å². The van der Waals surface area contributed by atoms with Crippen LogP contribution >= 0.6 is 11.3 Å². The minimum Gasteiger partial charge on any atom is -0.305 e. The lowest BCUT2D eigenvalue weighted by Crippen LogP contribution is -2.39. The van der Waals surface area contributed by atoms with Gasteiger partial charge in [0.15, 0.2) is 0 Å². The zero-order valence-electron chi connectivity index (χ0n) is 8.08. The summed E-state index contributed by atoms with van der Waals surface area (Å²) in [7, 11) is 0. The molecule has 0 bridgehead atoms. The van der Waals surface area contributed by atoms with Gasteiger partial charge in [0.2, 0.25) is 0 Å². The first-order chi connectivity index (χ1) is 6.86. The summed E-state index contributed by atoms with van der Waals surface area (Å²) in [6.45, 7) is 0.711. The van der Waals surface area contributed by atoms with E-state index < -0.39 is 6.17 Å². The van der Waals surface area contributed by atoms with E-state index in [9.17, 15) is 4.39 Å². The molecule has 1 aromatic heterocycles. The molecule has 0 aliphatic heterocycles. The number of nitrogens with zero attached hydrogens (tertiary/aromatic N) is 1. The zero-order chi connectivity index (χ0) is 9.80. The van der Waals surface area contributed by atoms with Crippen molar-refractivity contribution in [2.45, 2.75) is 44.4 Å². The lowest BCUT2D eigenvalue weighted by atomic mass is 9.94. The lowest BCUT2D eigenvalue weighted by molar-refractivity contribution is 0.188. The maximum absolute atomic E-state index is 13.4. The molecule has 0 amide bonds. The minimum atomic E-state index is -0.663. The van der Waals surface area contributed by atoms with Gasteiger partial charge in [-0.1, -0.05) is 12.8 Å². The van der Waals surface area contributed by atoms with E-state index in [1.165, 1.54) is 0 Å². The van der Waals surface area contributed by atoms with Gasteiger partial charge in [-0.25, -0.2) is 9.37 Å². The first-order valence-electron chi connectivity index (χ1n) is 5.12. The fourth-order valence-corrected chi connectivity index (χ4v) is 2.44. The van der Waals surface area contributed by atoms with Gasteiger partial charge < -0.3 is 5.32 Å². The van der Waals surface area contributed by atoms with E-state index in [-0.39, 0.29) is 6.04 Å². The van der Waals surface area contributed by atoms with Gasteiger partial charge in [0.25, 0.3) is 0 Å².